The number of fused-ring (bicyclic) bond motifs is 1. The Balaban J connectivity index is 1.68. The van der Waals surface area contributed by atoms with Crippen LogP contribution in [0.1, 0.15) is 58.3 Å². The zero-order valence-electron chi connectivity index (χ0n) is 17.4. The van der Waals surface area contributed by atoms with Gasteiger partial charge in [0.1, 0.15) is 0 Å². The maximum Gasteiger partial charge on any atom is 0.223 e. The summed E-state index contributed by atoms with van der Waals surface area (Å²) in [5.74, 6) is 0.0329. The number of thiophene rings is 1. The quantitative estimate of drug-likeness (QED) is 0.702. The first kappa shape index (κ1) is 21.3. The number of aliphatic hydroxyl groups is 1. The molecule has 2 amide bonds. The molecule has 1 heterocycles. The number of hydrogen-bond acceptors (Lipinski definition) is 4. The molecule has 1 aromatic heterocycles. The highest BCUT2D eigenvalue weighted by Crippen LogP contribution is 2.55. The number of nitrogens with one attached hydrogen (secondary N) is 2. The van der Waals surface area contributed by atoms with Crippen molar-refractivity contribution in [1.82, 2.24) is 10.6 Å². The average Bonchev–Trinajstić information content (AvgIpc) is 3.15. The Hall–Kier alpha value is -1.40. The summed E-state index contributed by atoms with van der Waals surface area (Å²) >= 11 is 1.63. The number of carbonyl (C=O) groups is 2. The molecule has 5 nitrogen and oxygen atoms in total. The first-order valence-electron chi connectivity index (χ1n) is 10.5. The predicted molar refractivity (Wildman–Crippen MR) is 112 cm³/mol. The van der Waals surface area contributed by atoms with Crippen molar-refractivity contribution in [3.05, 3.63) is 22.4 Å². The van der Waals surface area contributed by atoms with Crippen molar-refractivity contribution < 1.29 is 14.7 Å². The van der Waals surface area contributed by atoms with Crippen LogP contribution in [-0.2, 0) is 16.1 Å². The minimum absolute atomic E-state index is 0.0105. The Morgan fingerprint density at radius 2 is 2.07 bits per heavy atom. The predicted octanol–water partition coefficient (Wildman–Crippen LogP) is 3.33. The van der Waals surface area contributed by atoms with E-state index in [4.69, 9.17) is 0 Å². The second-order valence-electron chi connectivity index (χ2n) is 9.16. The monoisotopic (exact) mass is 406 g/mol. The Kier molecular flexibility index (Phi) is 6.50. The van der Waals surface area contributed by atoms with Gasteiger partial charge in [0, 0.05) is 23.8 Å². The molecular weight excluding hydrogens is 372 g/mol. The Bertz CT molecular complexity index is 692. The standard InChI is InChI=1S/C22H34N2O3S/c1-13(21(27)23-12-16-6-5-11-28-16)17-7-9-22(4)10-8-18(24-15(3)25)14(2)19(22)20(17)26/h5-6,11,13-14,17-20,26H,7-10,12H2,1-4H3,(H,23,27)(H,24,25)/t13-,14+,17+,18-,19+,20-,22-/m0/s1. The molecule has 2 saturated carbocycles. The van der Waals surface area contributed by atoms with Gasteiger partial charge >= 0.3 is 0 Å². The van der Waals surface area contributed by atoms with E-state index in [-0.39, 0.29) is 46.9 Å². The molecule has 0 spiro atoms. The summed E-state index contributed by atoms with van der Waals surface area (Å²) in [6.07, 6.45) is 3.35. The molecule has 0 bridgehead atoms. The van der Waals surface area contributed by atoms with Gasteiger partial charge in [0.25, 0.3) is 0 Å². The third-order valence-electron chi connectivity index (χ3n) is 7.35. The Labute approximate surface area is 172 Å². The van der Waals surface area contributed by atoms with Crippen molar-refractivity contribution in [1.29, 1.82) is 0 Å². The average molecular weight is 407 g/mol. The minimum Gasteiger partial charge on any atom is -0.392 e. The van der Waals surface area contributed by atoms with Crippen molar-refractivity contribution in [2.75, 3.05) is 0 Å². The SMILES string of the molecule is CC(=O)N[C@H]1CC[C@]2(C)CC[C@H]([C@H](C)C(=O)NCc3cccs3)[C@H](O)[C@H]2[C@@H]1C. The van der Waals surface area contributed by atoms with E-state index in [1.54, 1.807) is 18.3 Å². The van der Waals surface area contributed by atoms with Gasteiger partial charge in [0.15, 0.2) is 0 Å². The Morgan fingerprint density at radius 3 is 2.71 bits per heavy atom. The van der Waals surface area contributed by atoms with E-state index >= 15 is 0 Å². The molecule has 28 heavy (non-hydrogen) atoms. The van der Waals surface area contributed by atoms with Crippen LogP contribution in [0, 0.1) is 29.1 Å². The maximum absolute atomic E-state index is 12.7. The third-order valence-corrected chi connectivity index (χ3v) is 8.23. The van der Waals surface area contributed by atoms with E-state index in [1.807, 2.05) is 24.4 Å². The number of hydrogen-bond donors (Lipinski definition) is 3. The van der Waals surface area contributed by atoms with E-state index < -0.39 is 6.10 Å². The van der Waals surface area contributed by atoms with Crippen LogP contribution in [0.5, 0.6) is 0 Å². The lowest BCUT2D eigenvalue weighted by Gasteiger charge is -2.56. The molecule has 7 atom stereocenters. The van der Waals surface area contributed by atoms with Crippen LogP contribution < -0.4 is 10.6 Å². The van der Waals surface area contributed by atoms with Gasteiger partial charge in [0.2, 0.25) is 11.8 Å². The molecule has 0 unspecified atom stereocenters. The highest BCUT2D eigenvalue weighted by Gasteiger charge is 2.53. The van der Waals surface area contributed by atoms with Crippen molar-refractivity contribution in [3.63, 3.8) is 0 Å². The summed E-state index contributed by atoms with van der Waals surface area (Å²) in [6.45, 7) is 8.47. The molecule has 3 N–H and O–H groups in total. The zero-order chi connectivity index (χ0) is 20.5. The van der Waals surface area contributed by atoms with Gasteiger partial charge in [0.05, 0.1) is 12.6 Å². The molecule has 2 fully saturated rings. The molecule has 6 heteroatoms. The van der Waals surface area contributed by atoms with E-state index in [2.05, 4.69) is 24.5 Å². The van der Waals surface area contributed by atoms with Gasteiger partial charge in [-0.05, 0) is 60.3 Å². The normalized spacial score (nSPS) is 36.2. The fourth-order valence-electron chi connectivity index (χ4n) is 5.70. The van der Waals surface area contributed by atoms with Crippen molar-refractivity contribution >= 4 is 23.2 Å². The van der Waals surface area contributed by atoms with Crippen molar-refractivity contribution in [3.8, 4) is 0 Å². The second-order valence-corrected chi connectivity index (χ2v) is 10.2. The van der Waals surface area contributed by atoms with Crippen LogP contribution in [0.4, 0.5) is 0 Å². The van der Waals surface area contributed by atoms with Gasteiger partial charge in [-0.1, -0.05) is 26.8 Å². The van der Waals surface area contributed by atoms with Crippen LogP contribution in [0.3, 0.4) is 0 Å². The lowest BCUT2D eigenvalue weighted by atomic mass is 9.51. The highest BCUT2D eigenvalue weighted by molar-refractivity contribution is 7.09. The van der Waals surface area contributed by atoms with Gasteiger partial charge in [-0.2, -0.15) is 0 Å². The van der Waals surface area contributed by atoms with E-state index in [0.717, 1.165) is 30.6 Å². The number of rotatable bonds is 5. The van der Waals surface area contributed by atoms with E-state index in [1.165, 1.54) is 0 Å². The molecule has 0 aromatic carbocycles. The molecule has 1 aromatic rings. The molecule has 0 radical (unpaired) electrons. The smallest absolute Gasteiger partial charge is 0.223 e. The van der Waals surface area contributed by atoms with Gasteiger partial charge in [-0.15, -0.1) is 11.3 Å². The van der Waals surface area contributed by atoms with Gasteiger partial charge < -0.3 is 15.7 Å². The van der Waals surface area contributed by atoms with Crippen molar-refractivity contribution in [2.45, 2.75) is 72.1 Å². The summed E-state index contributed by atoms with van der Waals surface area (Å²) in [5, 5.41) is 19.4. The van der Waals surface area contributed by atoms with Crippen LogP contribution in [0.25, 0.3) is 0 Å². The maximum atomic E-state index is 12.7. The largest absolute Gasteiger partial charge is 0.392 e. The number of aliphatic hydroxyl groups excluding tert-OH is 1. The summed E-state index contributed by atoms with van der Waals surface area (Å²) < 4.78 is 0. The van der Waals surface area contributed by atoms with Gasteiger partial charge in [-0.3, -0.25) is 9.59 Å². The summed E-state index contributed by atoms with van der Waals surface area (Å²) in [4.78, 5) is 25.5. The molecule has 0 aliphatic heterocycles. The minimum atomic E-state index is -0.521. The highest BCUT2D eigenvalue weighted by atomic mass is 32.1. The fraction of sp³-hybridized carbons (Fsp3) is 0.727. The van der Waals surface area contributed by atoms with Crippen LogP contribution in [0.15, 0.2) is 17.5 Å². The fourth-order valence-corrected chi connectivity index (χ4v) is 6.35. The van der Waals surface area contributed by atoms with Crippen molar-refractivity contribution in [2.24, 2.45) is 29.1 Å². The van der Waals surface area contributed by atoms with E-state index in [9.17, 15) is 14.7 Å². The molecule has 3 rings (SSSR count). The number of carbonyl (C=O) groups excluding carboxylic acids is 2. The van der Waals surface area contributed by atoms with Crippen LogP contribution in [-0.4, -0.2) is 29.1 Å². The zero-order valence-corrected chi connectivity index (χ0v) is 18.2. The lowest BCUT2D eigenvalue weighted by molar-refractivity contribution is -0.143. The summed E-state index contributed by atoms with van der Waals surface area (Å²) in [6, 6.07) is 4.10. The van der Waals surface area contributed by atoms with Crippen LogP contribution >= 0.6 is 11.3 Å². The number of amides is 2. The Morgan fingerprint density at radius 1 is 1.36 bits per heavy atom. The molecule has 156 valence electrons. The molecular formula is C22H34N2O3S. The lowest BCUT2D eigenvalue weighted by Crippen LogP contribution is -2.58. The molecule has 2 aliphatic carbocycles. The summed E-state index contributed by atoms with van der Waals surface area (Å²) in [5.41, 5.74) is 0.0808. The second kappa shape index (κ2) is 8.54. The first-order valence-corrected chi connectivity index (χ1v) is 11.4. The summed E-state index contributed by atoms with van der Waals surface area (Å²) in [7, 11) is 0. The van der Waals surface area contributed by atoms with Crippen LogP contribution in [0.2, 0.25) is 0 Å². The topological polar surface area (TPSA) is 78.4 Å². The van der Waals surface area contributed by atoms with E-state index in [0.29, 0.717) is 6.54 Å². The molecule has 2 aliphatic rings. The first-order chi connectivity index (χ1) is 13.2. The third kappa shape index (κ3) is 4.28. The molecule has 0 saturated heterocycles. The van der Waals surface area contributed by atoms with Gasteiger partial charge in [-0.25, -0.2) is 0 Å².